The molecule has 1 atom stereocenters. The van der Waals surface area contributed by atoms with Gasteiger partial charge in [0.1, 0.15) is 5.75 Å². The summed E-state index contributed by atoms with van der Waals surface area (Å²) in [4.78, 5) is 4.27. The van der Waals surface area contributed by atoms with Crippen LogP contribution in [0.1, 0.15) is 24.2 Å². The van der Waals surface area contributed by atoms with Gasteiger partial charge >= 0.3 is 0 Å². The van der Waals surface area contributed by atoms with Gasteiger partial charge in [0.2, 0.25) is 0 Å². The van der Waals surface area contributed by atoms with Crippen LogP contribution in [-0.2, 0) is 6.42 Å². The van der Waals surface area contributed by atoms with Crippen molar-refractivity contribution in [2.75, 3.05) is 6.54 Å². The van der Waals surface area contributed by atoms with E-state index < -0.39 is 0 Å². The number of aromatic hydroxyl groups is 1. The first-order valence-electron chi connectivity index (χ1n) is 7.07. The number of aromatic nitrogens is 1. The van der Waals surface area contributed by atoms with E-state index in [0.29, 0.717) is 5.75 Å². The van der Waals surface area contributed by atoms with Crippen molar-refractivity contribution in [1.29, 1.82) is 0 Å². The molecule has 2 N–H and O–H groups in total. The Morgan fingerprint density at radius 2 is 2.10 bits per heavy atom. The fraction of sp³-hybridized carbons (Fsp3) is 0.235. The van der Waals surface area contributed by atoms with Gasteiger partial charge in [0.15, 0.2) is 0 Å². The van der Waals surface area contributed by atoms with E-state index in [0.717, 1.165) is 35.0 Å². The van der Waals surface area contributed by atoms with Crippen molar-refractivity contribution in [3.05, 3.63) is 58.5 Å². The van der Waals surface area contributed by atoms with E-state index in [4.69, 9.17) is 0 Å². The van der Waals surface area contributed by atoms with Gasteiger partial charge in [-0.3, -0.25) is 0 Å². The van der Waals surface area contributed by atoms with Gasteiger partial charge in [-0.2, -0.15) is 0 Å². The molecule has 0 saturated heterocycles. The maximum absolute atomic E-state index is 10.5. The molecular formula is C17H18N2OS. The minimum Gasteiger partial charge on any atom is -0.507 e. The fourth-order valence-corrected chi connectivity index (χ4v) is 3.10. The molecule has 3 nitrogen and oxygen atoms in total. The number of thiazole rings is 1. The molecule has 1 aromatic heterocycles. The number of rotatable bonds is 5. The Morgan fingerprint density at radius 3 is 2.90 bits per heavy atom. The molecule has 2 aromatic carbocycles. The lowest BCUT2D eigenvalue weighted by molar-refractivity contribution is 0.459. The minimum absolute atomic E-state index is 0.105. The molecular weight excluding hydrogens is 280 g/mol. The highest BCUT2D eigenvalue weighted by atomic mass is 32.1. The molecule has 108 valence electrons. The predicted molar refractivity (Wildman–Crippen MR) is 87.8 cm³/mol. The lowest BCUT2D eigenvalue weighted by Crippen LogP contribution is -2.21. The van der Waals surface area contributed by atoms with Crippen molar-refractivity contribution in [1.82, 2.24) is 10.3 Å². The normalized spacial score (nSPS) is 12.6. The molecule has 0 fully saturated rings. The average molecular weight is 298 g/mol. The van der Waals surface area contributed by atoms with Gasteiger partial charge in [-0.05, 0) is 12.3 Å². The van der Waals surface area contributed by atoms with Gasteiger partial charge in [0, 0.05) is 35.3 Å². The van der Waals surface area contributed by atoms with Crippen LogP contribution in [0.3, 0.4) is 0 Å². The van der Waals surface area contributed by atoms with Gasteiger partial charge in [-0.25, -0.2) is 4.98 Å². The van der Waals surface area contributed by atoms with Crippen LogP contribution in [0.2, 0.25) is 0 Å². The number of phenols is 1. The van der Waals surface area contributed by atoms with Crippen LogP contribution >= 0.6 is 11.3 Å². The summed E-state index contributed by atoms with van der Waals surface area (Å²) in [6.45, 7) is 2.92. The van der Waals surface area contributed by atoms with Crippen LogP contribution in [0.5, 0.6) is 5.75 Å². The molecule has 0 saturated carbocycles. The molecule has 0 spiro atoms. The van der Waals surface area contributed by atoms with E-state index in [1.54, 1.807) is 11.3 Å². The number of fused-ring (bicyclic) bond motifs is 1. The molecule has 1 unspecified atom stereocenters. The summed E-state index contributed by atoms with van der Waals surface area (Å²) in [7, 11) is 0. The molecule has 1 heterocycles. The van der Waals surface area contributed by atoms with Crippen LogP contribution in [-0.4, -0.2) is 16.6 Å². The summed E-state index contributed by atoms with van der Waals surface area (Å²) < 4.78 is 0. The molecule has 0 aliphatic carbocycles. The number of phenolic OH excluding ortho intramolecular Hbond substituents is 1. The van der Waals surface area contributed by atoms with Crippen LogP contribution in [0.15, 0.2) is 47.3 Å². The Kier molecular flexibility index (Phi) is 4.18. The van der Waals surface area contributed by atoms with E-state index in [2.05, 4.69) is 28.7 Å². The predicted octanol–water partition coefficient (Wildman–Crippen LogP) is 3.90. The zero-order valence-corrected chi connectivity index (χ0v) is 12.7. The standard InChI is InChI=1S/C17H18N2OS/c1-12(18-9-8-14-10-21-11-19-14)15-7-6-13-4-2-3-5-16(13)17(15)20/h2-7,10-12,18,20H,8-9H2,1H3. The van der Waals surface area contributed by atoms with Crippen molar-refractivity contribution < 1.29 is 5.11 Å². The lowest BCUT2D eigenvalue weighted by Gasteiger charge is -2.16. The second-order valence-corrected chi connectivity index (χ2v) is 5.85. The Labute approximate surface area is 128 Å². The first kappa shape index (κ1) is 14.0. The van der Waals surface area contributed by atoms with Crippen LogP contribution in [0, 0.1) is 0 Å². The molecule has 0 bridgehead atoms. The van der Waals surface area contributed by atoms with Gasteiger partial charge < -0.3 is 10.4 Å². The second-order valence-electron chi connectivity index (χ2n) is 5.13. The maximum atomic E-state index is 10.5. The summed E-state index contributed by atoms with van der Waals surface area (Å²) in [6.07, 6.45) is 0.905. The van der Waals surface area contributed by atoms with Gasteiger partial charge in [0.25, 0.3) is 0 Å². The van der Waals surface area contributed by atoms with Gasteiger partial charge in [0.05, 0.1) is 11.2 Å². The van der Waals surface area contributed by atoms with E-state index in [1.165, 1.54) is 0 Å². The van der Waals surface area contributed by atoms with E-state index in [1.807, 2.05) is 35.8 Å². The van der Waals surface area contributed by atoms with E-state index in [9.17, 15) is 5.11 Å². The molecule has 0 radical (unpaired) electrons. The third kappa shape index (κ3) is 3.06. The van der Waals surface area contributed by atoms with Crippen LogP contribution < -0.4 is 5.32 Å². The smallest absolute Gasteiger partial charge is 0.128 e. The number of nitrogens with one attached hydrogen (secondary N) is 1. The Morgan fingerprint density at radius 1 is 1.24 bits per heavy atom. The SMILES string of the molecule is CC(NCCc1cscn1)c1ccc2ccccc2c1O. The third-order valence-corrected chi connectivity index (χ3v) is 4.35. The topological polar surface area (TPSA) is 45.2 Å². The third-order valence-electron chi connectivity index (χ3n) is 3.71. The van der Waals surface area contributed by atoms with E-state index >= 15 is 0 Å². The summed E-state index contributed by atoms with van der Waals surface area (Å²) in [6, 6.07) is 12.1. The molecule has 0 amide bonds. The number of nitrogens with zero attached hydrogens (tertiary/aromatic N) is 1. The quantitative estimate of drug-likeness (QED) is 0.751. The van der Waals surface area contributed by atoms with Crippen LogP contribution in [0.4, 0.5) is 0 Å². The zero-order chi connectivity index (χ0) is 14.7. The fourth-order valence-electron chi connectivity index (χ4n) is 2.51. The van der Waals surface area contributed by atoms with Crippen LogP contribution in [0.25, 0.3) is 10.8 Å². The maximum Gasteiger partial charge on any atom is 0.128 e. The van der Waals surface area contributed by atoms with Crippen molar-refractivity contribution >= 4 is 22.1 Å². The van der Waals surface area contributed by atoms with Gasteiger partial charge in [-0.15, -0.1) is 11.3 Å². The molecule has 4 heteroatoms. The van der Waals surface area contributed by atoms with Crippen molar-refractivity contribution in [3.63, 3.8) is 0 Å². The highest BCUT2D eigenvalue weighted by molar-refractivity contribution is 7.07. The van der Waals surface area contributed by atoms with Crippen molar-refractivity contribution in [2.24, 2.45) is 0 Å². The number of benzene rings is 2. The average Bonchev–Trinajstić information content (AvgIpc) is 3.01. The lowest BCUT2D eigenvalue weighted by atomic mass is 10.0. The number of hydrogen-bond donors (Lipinski definition) is 2. The van der Waals surface area contributed by atoms with Crippen molar-refractivity contribution in [3.8, 4) is 5.75 Å². The highest BCUT2D eigenvalue weighted by Crippen LogP contribution is 2.32. The monoisotopic (exact) mass is 298 g/mol. The van der Waals surface area contributed by atoms with Crippen molar-refractivity contribution in [2.45, 2.75) is 19.4 Å². The summed E-state index contributed by atoms with van der Waals surface area (Å²) in [5.41, 5.74) is 3.91. The molecule has 3 aromatic rings. The number of hydrogen-bond acceptors (Lipinski definition) is 4. The Bertz CT molecular complexity index is 725. The summed E-state index contributed by atoms with van der Waals surface area (Å²) in [5.74, 6) is 0.377. The molecule has 0 aliphatic rings. The molecule has 0 aliphatic heterocycles. The Hall–Kier alpha value is -1.91. The first-order valence-corrected chi connectivity index (χ1v) is 8.01. The van der Waals surface area contributed by atoms with E-state index in [-0.39, 0.29) is 6.04 Å². The summed E-state index contributed by atoms with van der Waals surface area (Å²) >= 11 is 1.62. The molecule has 21 heavy (non-hydrogen) atoms. The largest absolute Gasteiger partial charge is 0.507 e. The summed E-state index contributed by atoms with van der Waals surface area (Å²) in [5, 5.41) is 17.9. The first-order chi connectivity index (χ1) is 10.3. The Balaban J connectivity index is 1.72. The second kappa shape index (κ2) is 6.24. The zero-order valence-electron chi connectivity index (χ0n) is 11.9. The van der Waals surface area contributed by atoms with Gasteiger partial charge in [-0.1, -0.05) is 36.4 Å². The minimum atomic E-state index is 0.105. The molecule has 3 rings (SSSR count). The highest BCUT2D eigenvalue weighted by Gasteiger charge is 2.12.